The average Bonchev–Trinajstić information content (AvgIpc) is 3.34. The molecule has 3 aromatic rings. The lowest BCUT2D eigenvalue weighted by atomic mass is 9.53. The Morgan fingerprint density at radius 2 is 1.62 bits per heavy atom. The first-order valence-electron chi connectivity index (χ1n) is 14.1. The fourth-order valence-corrected chi connectivity index (χ4v) is 6.28. The van der Waals surface area contributed by atoms with Crippen LogP contribution in [0.5, 0.6) is 0 Å². The van der Waals surface area contributed by atoms with Crippen molar-refractivity contribution in [2.24, 2.45) is 5.41 Å². The Morgan fingerprint density at radius 3 is 2.15 bits per heavy atom. The van der Waals surface area contributed by atoms with E-state index in [9.17, 15) is 9.90 Å². The molecule has 6 rings (SSSR count). The predicted octanol–water partition coefficient (Wildman–Crippen LogP) is 6.88. The molecule has 2 aromatic carbocycles. The minimum absolute atomic E-state index is 0.00717. The van der Waals surface area contributed by atoms with E-state index >= 15 is 0 Å². The highest BCUT2D eigenvalue weighted by molar-refractivity contribution is 5.93. The van der Waals surface area contributed by atoms with Gasteiger partial charge >= 0.3 is 6.03 Å². The summed E-state index contributed by atoms with van der Waals surface area (Å²) >= 11 is 0. The van der Waals surface area contributed by atoms with E-state index in [4.69, 9.17) is 4.52 Å². The van der Waals surface area contributed by atoms with Gasteiger partial charge in [-0.25, -0.2) is 4.79 Å². The molecule has 7 nitrogen and oxygen atoms in total. The summed E-state index contributed by atoms with van der Waals surface area (Å²) in [7, 11) is 0. The maximum atomic E-state index is 13.7. The first-order chi connectivity index (χ1) is 18.3. The largest absolute Gasteiger partial charge is 0.386 e. The summed E-state index contributed by atoms with van der Waals surface area (Å²) in [5, 5.41) is 17.8. The molecule has 3 saturated carbocycles. The number of aliphatic hydroxyl groups is 1. The van der Waals surface area contributed by atoms with E-state index in [0.29, 0.717) is 12.4 Å². The zero-order valence-corrected chi connectivity index (χ0v) is 24.2. The molecule has 3 aliphatic rings. The Balaban J connectivity index is 1.41. The molecule has 3 fully saturated rings. The summed E-state index contributed by atoms with van der Waals surface area (Å²) in [6, 6.07) is 16.2. The fourth-order valence-electron chi connectivity index (χ4n) is 6.28. The third-order valence-electron chi connectivity index (χ3n) is 8.71. The van der Waals surface area contributed by atoms with Gasteiger partial charge in [0, 0.05) is 30.1 Å². The van der Waals surface area contributed by atoms with Gasteiger partial charge < -0.3 is 14.9 Å². The molecule has 0 aliphatic heterocycles. The van der Waals surface area contributed by atoms with Crippen LogP contribution >= 0.6 is 0 Å². The predicted molar refractivity (Wildman–Crippen MR) is 154 cm³/mol. The molecule has 2 bridgehead atoms. The number of fused-ring (bicyclic) bond motifs is 3. The third kappa shape index (κ3) is 5.74. The van der Waals surface area contributed by atoms with E-state index in [0.717, 1.165) is 66.7 Å². The lowest BCUT2D eigenvalue weighted by Gasteiger charge is -2.53. The van der Waals surface area contributed by atoms with E-state index in [1.165, 1.54) is 0 Å². The van der Waals surface area contributed by atoms with Crippen molar-refractivity contribution in [3.05, 3.63) is 65.8 Å². The van der Waals surface area contributed by atoms with Gasteiger partial charge in [-0.2, -0.15) is 4.98 Å². The van der Waals surface area contributed by atoms with E-state index in [2.05, 4.69) is 27.6 Å². The number of anilines is 1. The van der Waals surface area contributed by atoms with Crippen molar-refractivity contribution in [2.75, 3.05) is 11.4 Å². The molecule has 39 heavy (non-hydrogen) atoms. The van der Waals surface area contributed by atoms with Crippen LogP contribution in [-0.2, 0) is 11.0 Å². The molecular weight excluding hydrogens is 488 g/mol. The van der Waals surface area contributed by atoms with Crippen LogP contribution in [0.15, 0.2) is 53.1 Å². The van der Waals surface area contributed by atoms with Crippen molar-refractivity contribution in [2.45, 2.75) is 96.6 Å². The number of nitrogens with one attached hydrogen (secondary N) is 1. The number of hydrogen-bond acceptors (Lipinski definition) is 5. The van der Waals surface area contributed by atoms with Gasteiger partial charge in [-0.3, -0.25) is 4.90 Å². The summed E-state index contributed by atoms with van der Waals surface area (Å²) in [5.41, 5.74) is 2.70. The molecule has 1 heterocycles. The Kier molecular flexibility index (Phi) is 6.86. The zero-order valence-electron chi connectivity index (χ0n) is 24.2. The Labute approximate surface area is 232 Å². The fraction of sp³-hybridized carbons (Fsp3) is 0.531. The number of hydrogen-bond donors (Lipinski definition) is 2. The number of carbonyl (C=O) groups is 1. The van der Waals surface area contributed by atoms with Gasteiger partial charge in [0.05, 0.1) is 5.60 Å². The topological polar surface area (TPSA) is 91.5 Å². The molecule has 1 aromatic heterocycles. The van der Waals surface area contributed by atoms with Crippen molar-refractivity contribution < 1.29 is 14.4 Å². The molecule has 0 unspecified atom stereocenters. The van der Waals surface area contributed by atoms with Gasteiger partial charge in [0.15, 0.2) is 5.82 Å². The molecule has 0 spiro atoms. The highest BCUT2D eigenvalue weighted by Crippen LogP contribution is 2.57. The van der Waals surface area contributed by atoms with Crippen LogP contribution in [-0.4, -0.2) is 33.4 Å². The van der Waals surface area contributed by atoms with Gasteiger partial charge in [0.25, 0.3) is 0 Å². The normalized spacial score (nSPS) is 23.1. The van der Waals surface area contributed by atoms with Crippen LogP contribution in [0, 0.1) is 12.3 Å². The Bertz CT molecular complexity index is 1310. The SMILES string of the molecule is Cc1nc(C23CCC(CN(C(=O)NC(C)(C)C)c4cccc(-c5ccc(C(C)(C)O)cc5)c4)(CC2)CC3)no1. The molecule has 208 valence electrons. The van der Waals surface area contributed by atoms with E-state index in [-0.39, 0.29) is 22.4 Å². The number of aryl methyl sites for hydroxylation is 1. The average molecular weight is 531 g/mol. The van der Waals surface area contributed by atoms with Crippen molar-refractivity contribution in [3.8, 4) is 11.1 Å². The number of rotatable bonds is 6. The summed E-state index contributed by atoms with van der Waals surface area (Å²) in [6.07, 6.45) is 6.19. The number of amides is 2. The monoisotopic (exact) mass is 530 g/mol. The van der Waals surface area contributed by atoms with Gasteiger partial charge in [-0.1, -0.05) is 41.6 Å². The molecule has 2 N–H and O–H groups in total. The number of nitrogens with zero attached hydrogens (tertiary/aromatic N) is 3. The van der Waals surface area contributed by atoms with Crippen molar-refractivity contribution >= 4 is 11.7 Å². The van der Waals surface area contributed by atoms with Crippen LogP contribution in [0.4, 0.5) is 10.5 Å². The molecule has 3 aliphatic carbocycles. The second-order valence-corrected chi connectivity index (χ2v) is 13.4. The van der Waals surface area contributed by atoms with Gasteiger partial charge in [0.2, 0.25) is 5.89 Å². The van der Waals surface area contributed by atoms with Crippen LogP contribution in [0.25, 0.3) is 11.1 Å². The molecular formula is C32H42N4O3. The molecule has 7 heteroatoms. The lowest BCUT2D eigenvalue weighted by Crippen LogP contribution is -2.55. The molecule has 0 saturated heterocycles. The van der Waals surface area contributed by atoms with Crippen LogP contribution in [0.1, 0.15) is 90.4 Å². The molecule has 0 radical (unpaired) electrons. The quantitative estimate of drug-likeness (QED) is 0.362. The minimum Gasteiger partial charge on any atom is -0.386 e. The number of carbonyl (C=O) groups excluding carboxylic acids is 1. The number of aromatic nitrogens is 2. The Hall–Kier alpha value is -3.19. The highest BCUT2D eigenvalue weighted by Gasteiger charge is 2.52. The van der Waals surface area contributed by atoms with Crippen molar-refractivity contribution in [1.82, 2.24) is 15.5 Å². The summed E-state index contributed by atoms with van der Waals surface area (Å²) in [5.74, 6) is 1.49. The van der Waals surface area contributed by atoms with E-state index in [1.54, 1.807) is 13.8 Å². The van der Waals surface area contributed by atoms with Crippen molar-refractivity contribution in [1.29, 1.82) is 0 Å². The summed E-state index contributed by atoms with van der Waals surface area (Å²) in [6.45, 7) is 12.2. The first-order valence-corrected chi connectivity index (χ1v) is 14.1. The number of urea groups is 1. The second kappa shape index (κ2) is 9.77. The van der Waals surface area contributed by atoms with Gasteiger partial charge in [-0.15, -0.1) is 0 Å². The van der Waals surface area contributed by atoms with Crippen LogP contribution in [0.2, 0.25) is 0 Å². The smallest absolute Gasteiger partial charge is 0.322 e. The van der Waals surface area contributed by atoms with E-state index in [1.807, 2.05) is 69.0 Å². The highest BCUT2D eigenvalue weighted by atomic mass is 16.5. The second-order valence-electron chi connectivity index (χ2n) is 13.4. The van der Waals surface area contributed by atoms with Crippen LogP contribution in [0.3, 0.4) is 0 Å². The zero-order chi connectivity index (χ0) is 28.1. The van der Waals surface area contributed by atoms with Crippen molar-refractivity contribution in [3.63, 3.8) is 0 Å². The molecule has 2 amide bonds. The minimum atomic E-state index is -0.887. The maximum Gasteiger partial charge on any atom is 0.322 e. The van der Waals surface area contributed by atoms with Gasteiger partial charge in [-0.05, 0) is 107 Å². The summed E-state index contributed by atoms with van der Waals surface area (Å²) in [4.78, 5) is 20.3. The lowest BCUT2D eigenvalue weighted by molar-refractivity contribution is 0.0406. The van der Waals surface area contributed by atoms with Crippen LogP contribution < -0.4 is 10.2 Å². The molecule has 0 atom stereocenters. The Morgan fingerprint density at radius 1 is 0.974 bits per heavy atom. The first kappa shape index (κ1) is 27.4. The standard InChI is InChI=1S/C32H42N4O3/c1-22-33-27(35-39-22)32-17-14-31(15-18-32,16-19-32)21-36(28(37)34-29(2,3)4)26-9-7-8-24(20-26)23-10-12-25(13-11-23)30(5,6)38/h7-13,20,38H,14-19,21H2,1-6H3,(H,34,37). The van der Waals surface area contributed by atoms with Gasteiger partial charge in [0.1, 0.15) is 0 Å². The third-order valence-corrected chi connectivity index (χ3v) is 8.71. The number of benzene rings is 2. The maximum absolute atomic E-state index is 13.7. The summed E-state index contributed by atoms with van der Waals surface area (Å²) < 4.78 is 5.32. The van der Waals surface area contributed by atoms with E-state index < -0.39 is 5.60 Å².